The van der Waals surface area contributed by atoms with E-state index in [0.29, 0.717) is 23.9 Å². The predicted octanol–water partition coefficient (Wildman–Crippen LogP) is 4.32. The summed E-state index contributed by atoms with van der Waals surface area (Å²) in [5, 5.41) is 25.5. The maximum absolute atomic E-state index is 10.7. The molecule has 0 atom stereocenters. The van der Waals surface area contributed by atoms with E-state index in [9.17, 15) is 20.2 Å². The first-order chi connectivity index (χ1) is 15.5. The zero-order valence-electron chi connectivity index (χ0n) is 17.0. The van der Waals surface area contributed by atoms with Crippen LogP contribution in [0.15, 0.2) is 65.9 Å². The predicted molar refractivity (Wildman–Crippen MR) is 117 cm³/mol. The highest BCUT2D eigenvalue weighted by molar-refractivity contribution is 5.81. The van der Waals surface area contributed by atoms with Gasteiger partial charge in [0.25, 0.3) is 11.4 Å². The minimum absolute atomic E-state index is 0.0185. The van der Waals surface area contributed by atoms with Crippen molar-refractivity contribution in [3.05, 3.63) is 92.1 Å². The van der Waals surface area contributed by atoms with Gasteiger partial charge in [-0.3, -0.25) is 25.7 Å². The van der Waals surface area contributed by atoms with E-state index in [1.54, 1.807) is 36.5 Å². The Morgan fingerprint density at radius 2 is 1.69 bits per heavy atom. The van der Waals surface area contributed by atoms with Crippen LogP contribution in [0.3, 0.4) is 0 Å². The van der Waals surface area contributed by atoms with E-state index >= 15 is 0 Å². The summed E-state index contributed by atoms with van der Waals surface area (Å²) in [5.74, 6) is 1.40. The largest absolute Gasteiger partial charge is 0.490 e. The van der Waals surface area contributed by atoms with Crippen molar-refractivity contribution < 1.29 is 19.3 Å². The standard InChI is InChI=1S/C21H19N5O6/c1-2-31-20-11-16(12-23-24-21-10-8-18(13-22-21)26(29)30)5-9-19(20)32-14-15-3-6-17(7-4-15)25(27)28/h3-13H,2,14H2,1H3,(H,22,24)/b23-12+. The summed E-state index contributed by atoms with van der Waals surface area (Å²) in [4.78, 5) is 24.3. The van der Waals surface area contributed by atoms with Gasteiger partial charge in [-0.15, -0.1) is 0 Å². The molecule has 3 aromatic rings. The number of nitro groups is 2. The maximum Gasteiger partial charge on any atom is 0.287 e. The van der Waals surface area contributed by atoms with Crippen molar-refractivity contribution in [3.8, 4) is 11.5 Å². The Morgan fingerprint density at radius 3 is 2.31 bits per heavy atom. The molecule has 0 bridgehead atoms. The van der Waals surface area contributed by atoms with Crippen molar-refractivity contribution in [2.45, 2.75) is 13.5 Å². The Hall–Kier alpha value is -4.54. The maximum atomic E-state index is 10.7. The summed E-state index contributed by atoms with van der Waals surface area (Å²) >= 11 is 0. The van der Waals surface area contributed by atoms with Gasteiger partial charge < -0.3 is 9.47 Å². The Labute approximate surface area is 182 Å². The minimum Gasteiger partial charge on any atom is -0.490 e. The summed E-state index contributed by atoms with van der Waals surface area (Å²) < 4.78 is 11.5. The molecule has 2 aromatic carbocycles. The van der Waals surface area contributed by atoms with Gasteiger partial charge in [0, 0.05) is 18.2 Å². The molecule has 11 heteroatoms. The van der Waals surface area contributed by atoms with Crippen molar-refractivity contribution in [1.82, 2.24) is 4.98 Å². The third-order valence-electron chi connectivity index (χ3n) is 4.16. The first-order valence-corrected chi connectivity index (χ1v) is 9.48. The number of hydrogen-bond acceptors (Lipinski definition) is 9. The number of benzene rings is 2. The molecule has 1 heterocycles. The molecule has 0 aliphatic heterocycles. The van der Waals surface area contributed by atoms with Gasteiger partial charge in [0.1, 0.15) is 18.6 Å². The molecule has 0 aliphatic carbocycles. The zero-order chi connectivity index (χ0) is 22.9. The highest BCUT2D eigenvalue weighted by atomic mass is 16.6. The first kappa shape index (κ1) is 22.2. The van der Waals surface area contributed by atoms with Gasteiger partial charge in [-0.25, -0.2) is 4.98 Å². The molecule has 0 saturated heterocycles. The van der Waals surface area contributed by atoms with E-state index in [2.05, 4.69) is 15.5 Å². The number of hydrazone groups is 1. The van der Waals surface area contributed by atoms with Crippen LogP contribution in [0.4, 0.5) is 17.2 Å². The molecule has 0 fully saturated rings. The summed E-state index contributed by atoms with van der Waals surface area (Å²) in [5.41, 5.74) is 4.12. The molecule has 0 aliphatic rings. The number of anilines is 1. The van der Waals surface area contributed by atoms with Crippen LogP contribution in [-0.4, -0.2) is 27.7 Å². The summed E-state index contributed by atoms with van der Waals surface area (Å²) in [7, 11) is 0. The van der Waals surface area contributed by atoms with Crippen LogP contribution < -0.4 is 14.9 Å². The molecule has 0 saturated carbocycles. The normalized spacial score (nSPS) is 10.7. The van der Waals surface area contributed by atoms with E-state index < -0.39 is 9.85 Å². The second-order valence-electron chi connectivity index (χ2n) is 6.38. The molecule has 164 valence electrons. The molecular formula is C21H19N5O6. The lowest BCUT2D eigenvalue weighted by atomic mass is 10.2. The number of nitrogens with one attached hydrogen (secondary N) is 1. The lowest BCUT2D eigenvalue weighted by Gasteiger charge is -2.12. The summed E-state index contributed by atoms with van der Waals surface area (Å²) in [6.45, 7) is 2.50. The van der Waals surface area contributed by atoms with E-state index in [4.69, 9.17) is 9.47 Å². The van der Waals surface area contributed by atoms with E-state index in [-0.39, 0.29) is 18.0 Å². The highest BCUT2D eigenvalue weighted by Crippen LogP contribution is 2.29. The molecular weight excluding hydrogens is 418 g/mol. The smallest absolute Gasteiger partial charge is 0.287 e. The summed E-state index contributed by atoms with van der Waals surface area (Å²) in [6, 6.07) is 14.2. The third-order valence-corrected chi connectivity index (χ3v) is 4.16. The molecule has 3 rings (SSSR count). The molecule has 0 amide bonds. The van der Waals surface area contributed by atoms with Crippen molar-refractivity contribution in [2.24, 2.45) is 5.10 Å². The van der Waals surface area contributed by atoms with E-state index in [1.807, 2.05) is 6.92 Å². The van der Waals surface area contributed by atoms with Crippen LogP contribution in [0.1, 0.15) is 18.1 Å². The van der Waals surface area contributed by atoms with Crippen LogP contribution in [0.5, 0.6) is 11.5 Å². The quantitative estimate of drug-likeness (QED) is 0.281. The van der Waals surface area contributed by atoms with Gasteiger partial charge in [0.15, 0.2) is 11.5 Å². The van der Waals surface area contributed by atoms with Crippen molar-refractivity contribution in [1.29, 1.82) is 0 Å². The average Bonchev–Trinajstić information content (AvgIpc) is 2.79. The topological polar surface area (TPSA) is 142 Å². The van der Waals surface area contributed by atoms with Crippen LogP contribution >= 0.6 is 0 Å². The molecule has 1 aromatic heterocycles. The second kappa shape index (κ2) is 10.5. The van der Waals surface area contributed by atoms with Gasteiger partial charge in [0.2, 0.25) is 0 Å². The first-order valence-electron chi connectivity index (χ1n) is 9.48. The van der Waals surface area contributed by atoms with Gasteiger partial charge in [0.05, 0.1) is 22.7 Å². The van der Waals surface area contributed by atoms with E-state index in [0.717, 1.165) is 17.3 Å². The van der Waals surface area contributed by atoms with Crippen LogP contribution in [0, 0.1) is 20.2 Å². The number of ether oxygens (including phenoxy) is 2. The number of pyridine rings is 1. The molecule has 1 N–H and O–H groups in total. The fraction of sp³-hybridized carbons (Fsp3) is 0.143. The van der Waals surface area contributed by atoms with Gasteiger partial charge >= 0.3 is 0 Å². The Morgan fingerprint density at radius 1 is 0.969 bits per heavy atom. The summed E-state index contributed by atoms with van der Waals surface area (Å²) in [6.07, 6.45) is 2.69. The number of nitro benzene ring substituents is 1. The monoisotopic (exact) mass is 437 g/mol. The number of hydrogen-bond donors (Lipinski definition) is 1. The molecule has 11 nitrogen and oxygen atoms in total. The van der Waals surface area contributed by atoms with Gasteiger partial charge in [-0.05, 0) is 54.4 Å². The molecule has 0 unspecified atom stereocenters. The van der Waals surface area contributed by atoms with Gasteiger partial charge in [-0.1, -0.05) is 0 Å². The second-order valence-corrected chi connectivity index (χ2v) is 6.38. The lowest BCUT2D eigenvalue weighted by Crippen LogP contribution is -2.01. The lowest BCUT2D eigenvalue weighted by molar-refractivity contribution is -0.385. The van der Waals surface area contributed by atoms with Crippen LogP contribution in [0.25, 0.3) is 0 Å². The zero-order valence-corrected chi connectivity index (χ0v) is 17.0. The highest BCUT2D eigenvalue weighted by Gasteiger charge is 2.09. The van der Waals surface area contributed by atoms with Crippen molar-refractivity contribution in [3.63, 3.8) is 0 Å². The van der Waals surface area contributed by atoms with Crippen molar-refractivity contribution >= 4 is 23.4 Å². The molecule has 0 spiro atoms. The average molecular weight is 437 g/mol. The number of rotatable bonds is 10. The Kier molecular flexibility index (Phi) is 7.25. The SMILES string of the molecule is CCOc1cc(/C=N/Nc2ccc([N+](=O)[O-])cn2)ccc1OCc1ccc([N+](=O)[O-])cc1. The van der Waals surface area contributed by atoms with E-state index in [1.165, 1.54) is 24.3 Å². The third kappa shape index (κ3) is 5.98. The van der Waals surface area contributed by atoms with Crippen LogP contribution in [0.2, 0.25) is 0 Å². The fourth-order valence-corrected chi connectivity index (χ4v) is 2.60. The number of nitrogens with zero attached hydrogens (tertiary/aromatic N) is 4. The molecule has 0 radical (unpaired) electrons. The van der Waals surface area contributed by atoms with Gasteiger partial charge in [-0.2, -0.15) is 5.10 Å². The Balaban J connectivity index is 1.64. The number of non-ortho nitro benzene ring substituents is 1. The van der Waals surface area contributed by atoms with Crippen LogP contribution in [-0.2, 0) is 6.61 Å². The van der Waals surface area contributed by atoms with Crippen molar-refractivity contribution in [2.75, 3.05) is 12.0 Å². The Bertz CT molecular complexity index is 1120. The number of aromatic nitrogens is 1. The fourth-order valence-electron chi connectivity index (χ4n) is 2.60. The molecule has 32 heavy (non-hydrogen) atoms. The minimum atomic E-state index is -0.527.